The second-order valence-corrected chi connectivity index (χ2v) is 3.57. The molecule has 0 fully saturated rings. The van der Waals surface area contributed by atoms with Gasteiger partial charge in [0, 0.05) is 25.1 Å². The molecule has 4 nitrogen and oxygen atoms in total. The van der Waals surface area contributed by atoms with Crippen LogP contribution in [0.25, 0.3) is 0 Å². The van der Waals surface area contributed by atoms with Gasteiger partial charge in [0.2, 0.25) is 0 Å². The summed E-state index contributed by atoms with van der Waals surface area (Å²) in [5, 5.41) is 12.1. The molecule has 0 amide bonds. The van der Waals surface area contributed by atoms with Gasteiger partial charge in [0.05, 0.1) is 17.4 Å². The van der Waals surface area contributed by atoms with Crippen molar-refractivity contribution in [2.75, 3.05) is 11.9 Å². The fourth-order valence-electron chi connectivity index (χ4n) is 1.52. The molecule has 17 heavy (non-hydrogen) atoms. The quantitative estimate of drug-likeness (QED) is 0.862. The highest BCUT2D eigenvalue weighted by Gasteiger charge is 2.00. The van der Waals surface area contributed by atoms with E-state index in [1.807, 2.05) is 18.3 Å². The van der Waals surface area contributed by atoms with Crippen molar-refractivity contribution in [3.8, 4) is 6.07 Å². The molecule has 0 atom stereocenters. The Labute approximate surface area is 100.0 Å². The van der Waals surface area contributed by atoms with Gasteiger partial charge in [0.15, 0.2) is 0 Å². The van der Waals surface area contributed by atoms with Gasteiger partial charge in [-0.3, -0.25) is 9.97 Å². The molecule has 0 saturated carbocycles. The molecule has 0 aliphatic rings. The molecule has 84 valence electrons. The molecule has 1 N–H and O–H groups in total. The summed E-state index contributed by atoms with van der Waals surface area (Å²) in [6.07, 6.45) is 7.75. The van der Waals surface area contributed by atoms with E-state index in [-0.39, 0.29) is 0 Å². The first kappa shape index (κ1) is 11.1. The van der Waals surface area contributed by atoms with Gasteiger partial charge < -0.3 is 5.32 Å². The summed E-state index contributed by atoms with van der Waals surface area (Å²) in [7, 11) is 0. The molecule has 4 heteroatoms. The van der Waals surface area contributed by atoms with Gasteiger partial charge in [-0.2, -0.15) is 5.26 Å². The van der Waals surface area contributed by atoms with Crippen LogP contribution in [0, 0.1) is 11.3 Å². The first-order chi connectivity index (χ1) is 8.40. The van der Waals surface area contributed by atoms with Gasteiger partial charge in [-0.15, -0.1) is 0 Å². The number of aromatic nitrogens is 2. The lowest BCUT2D eigenvalue weighted by atomic mass is 10.2. The molecule has 0 saturated heterocycles. The van der Waals surface area contributed by atoms with Gasteiger partial charge in [0.1, 0.15) is 6.07 Å². The van der Waals surface area contributed by atoms with Crippen molar-refractivity contribution >= 4 is 5.69 Å². The van der Waals surface area contributed by atoms with Crippen molar-refractivity contribution in [2.24, 2.45) is 0 Å². The van der Waals surface area contributed by atoms with Crippen molar-refractivity contribution < 1.29 is 0 Å². The summed E-state index contributed by atoms with van der Waals surface area (Å²) in [5.74, 6) is 0. The molecular formula is C13H12N4. The van der Waals surface area contributed by atoms with Crippen LogP contribution in [-0.4, -0.2) is 16.5 Å². The first-order valence-corrected chi connectivity index (χ1v) is 5.37. The number of nitrogens with one attached hydrogen (secondary N) is 1. The Morgan fingerprint density at radius 3 is 2.82 bits per heavy atom. The average Bonchev–Trinajstić information content (AvgIpc) is 2.40. The maximum atomic E-state index is 8.91. The van der Waals surface area contributed by atoms with Gasteiger partial charge in [-0.25, -0.2) is 0 Å². The van der Waals surface area contributed by atoms with Gasteiger partial charge in [-0.05, 0) is 24.1 Å². The van der Waals surface area contributed by atoms with E-state index in [2.05, 4.69) is 21.4 Å². The number of pyridine rings is 2. The van der Waals surface area contributed by atoms with Crippen LogP contribution in [0.15, 0.2) is 43.0 Å². The Kier molecular flexibility index (Phi) is 3.66. The second-order valence-electron chi connectivity index (χ2n) is 3.57. The Bertz CT molecular complexity index is 516. The van der Waals surface area contributed by atoms with E-state index in [4.69, 9.17) is 5.26 Å². The number of rotatable bonds is 4. The van der Waals surface area contributed by atoms with E-state index < -0.39 is 0 Å². The van der Waals surface area contributed by atoms with Crippen LogP contribution < -0.4 is 5.32 Å². The molecule has 2 aromatic heterocycles. The van der Waals surface area contributed by atoms with E-state index in [9.17, 15) is 0 Å². The lowest BCUT2D eigenvalue weighted by Crippen LogP contribution is -2.06. The molecule has 2 heterocycles. The summed E-state index contributed by atoms with van der Waals surface area (Å²) in [5.41, 5.74) is 2.56. The summed E-state index contributed by atoms with van der Waals surface area (Å²) < 4.78 is 0. The highest BCUT2D eigenvalue weighted by molar-refractivity contribution is 5.55. The van der Waals surface area contributed by atoms with Gasteiger partial charge in [0.25, 0.3) is 0 Å². The monoisotopic (exact) mass is 224 g/mol. The molecule has 2 aromatic rings. The van der Waals surface area contributed by atoms with Gasteiger partial charge in [-0.1, -0.05) is 6.07 Å². The Morgan fingerprint density at radius 2 is 2.06 bits per heavy atom. The van der Waals surface area contributed by atoms with Crippen LogP contribution >= 0.6 is 0 Å². The van der Waals surface area contributed by atoms with E-state index in [0.717, 1.165) is 18.7 Å². The largest absolute Gasteiger partial charge is 0.382 e. The predicted molar refractivity (Wildman–Crippen MR) is 65.4 cm³/mol. The third-order valence-corrected chi connectivity index (χ3v) is 2.39. The van der Waals surface area contributed by atoms with E-state index in [0.29, 0.717) is 5.56 Å². The summed E-state index contributed by atoms with van der Waals surface area (Å²) in [6, 6.07) is 7.78. The zero-order chi connectivity index (χ0) is 11.9. The molecule has 0 aliphatic carbocycles. The molecule has 2 rings (SSSR count). The van der Waals surface area contributed by atoms with E-state index in [1.54, 1.807) is 24.7 Å². The topological polar surface area (TPSA) is 61.6 Å². The number of nitriles is 1. The Balaban J connectivity index is 1.93. The Hall–Kier alpha value is -2.41. The smallest absolute Gasteiger partial charge is 0.101 e. The molecule has 0 spiro atoms. The molecule has 0 aliphatic heterocycles. The second kappa shape index (κ2) is 5.61. The van der Waals surface area contributed by atoms with Crippen molar-refractivity contribution in [1.82, 2.24) is 9.97 Å². The third-order valence-electron chi connectivity index (χ3n) is 2.39. The standard InChI is InChI=1S/C13H12N4/c14-8-12-4-6-16-10-13(12)17-7-3-11-2-1-5-15-9-11/h1-2,4-6,9-10,17H,3,7H2. The zero-order valence-electron chi connectivity index (χ0n) is 9.30. The number of hydrogen-bond acceptors (Lipinski definition) is 4. The minimum absolute atomic E-state index is 0.617. The van der Waals surface area contributed by atoms with E-state index in [1.165, 1.54) is 5.56 Å². The van der Waals surface area contributed by atoms with Crippen molar-refractivity contribution in [1.29, 1.82) is 5.26 Å². The maximum absolute atomic E-state index is 8.91. The average molecular weight is 224 g/mol. The van der Waals surface area contributed by atoms with Crippen molar-refractivity contribution in [3.05, 3.63) is 54.1 Å². The predicted octanol–water partition coefficient (Wildman–Crippen LogP) is 2.00. The van der Waals surface area contributed by atoms with Crippen molar-refractivity contribution in [3.63, 3.8) is 0 Å². The summed E-state index contributed by atoms with van der Waals surface area (Å²) in [4.78, 5) is 8.04. The molecular weight excluding hydrogens is 212 g/mol. The van der Waals surface area contributed by atoms with Crippen LogP contribution in [0.3, 0.4) is 0 Å². The molecule has 0 bridgehead atoms. The van der Waals surface area contributed by atoms with Crippen LogP contribution in [-0.2, 0) is 6.42 Å². The number of hydrogen-bond donors (Lipinski definition) is 1. The third kappa shape index (κ3) is 3.02. The van der Waals surface area contributed by atoms with Gasteiger partial charge >= 0.3 is 0 Å². The normalized spacial score (nSPS) is 9.59. The SMILES string of the molecule is N#Cc1ccncc1NCCc1cccnc1. The highest BCUT2D eigenvalue weighted by atomic mass is 14.9. The van der Waals surface area contributed by atoms with Crippen LogP contribution in [0.2, 0.25) is 0 Å². The maximum Gasteiger partial charge on any atom is 0.101 e. The fourth-order valence-corrected chi connectivity index (χ4v) is 1.52. The minimum Gasteiger partial charge on any atom is -0.382 e. The molecule has 0 unspecified atom stereocenters. The van der Waals surface area contributed by atoms with Crippen LogP contribution in [0.4, 0.5) is 5.69 Å². The molecule has 0 aromatic carbocycles. The number of anilines is 1. The summed E-state index contributed by atoms with van der Waals surface area (Å²) in [6.45, 7) is 0.756. The van der Waals surface area contributed by atoms with Crippen LogP contribution in [0.1, 0.15) is 11.1 Å². The summed E-state index contributed by atoms with van der Waals surface area (Å²) >= 11 is 0. The van der Waals surface area contributed by atoms with E-state index >= 15 is 0 Å². The highest BCUT2D eigenvalue weighted by Crippen LogP contribution is 2.11. The lowest BCUT2D eigenvalue weighted by molar-refractivity contribution is 1.00. The number of nitrogens with zero attached hydrogens (tertiary/aromatic N) is 3. The van der Waals surface area contributed by atoms with Crippen molar-refractivity contribution in [2.45, 2.75) is 6.42 Å². The Morgan fingerprint density at radius 1 is 1.18 bits per heavy atom. The first-order valence-electron chi connectivity index (χ1n) is 5.37. The van der Waals surface area contributed by atoms with Crippen LogP contribution in [0.5, 0.6) is 0 Å². The minimum atomic E-state index is 0.617. The zero-order valence-corrected chi connectivity index (χ0v) is 9.30. The fraction of sp³-hybridized carbons (Fsp3) is 0.154. The lowest BCUT2D eigenvalue weighted by Gasteiger charge is -2.06. The molecule has 0 radical (unpaired) electrons.